The summed E-state index contributed by atoms with van der Waals surface area (Å²) in [5, 5.41) is 2.91. The zero-order valence-electron chi connectivity index (χ0n) is 17.0. The highest BCUT2D eigenvalue weighted by Crippen LogP contribution is 2.18. The van der Waals surface area contributed by atoms with E-state index >= 15 is 0 Å². The number of para-hydroxylation sites is 1. The predicted molar refractivity (Wildman–Crippen MR) is 115 cm³/mol. The summed E-state index contributed by atoms with van der Waals surface area (Å²) in [4.78, 5) is 17.0. The lowest BCUT2D eigenvalue weighted by Gasteiger charge is -2.10. The lowest BCUT2D eigenvalue weighted by atomic mass is 10.1. The van der Waals surface area contributed by atoms with Gasteiger partial charge in [0.15, 0.2) is 0 Å². The average molecular weight is 401 g/mol. The Bertz CT molecular complexity index is 1170. The Morgan fingerprint density at radius 2 is 1.87 bits per heavy atom. The monoisotopic (exact) mass is 401 g/mol. The molecule has 152 valence electrons. The molecule has 0 saturated heterocycles. The maximum absolute atomic E-state index is 12.4. The first kappa shape index (κ1) is 19.5. The lowest BCUT2D eigenvalue weighted by Crippen LogP contribution is -2.22. The van der Waals surface area contributed by atoms with Gasteiger partial charge in [-0.3, -0.25) is 4.79 Å². The number of aromatic nitrogens is 2. The van der Waals surface area contributed by atoms with Crippen molar-refractivity contribution >= 4 is 11.6 Å². The van der Waals surface area contributed by atoms with E-state index in [9.17, 15) is 4.79 Å². The molecule has 4 rings (SSSR count). The first-order valence-corrected chi connectivity index (χ1v) is 9.70. The van der Waals surface area contributed by atoms with Crippen LogP contribution in [0.5, 0.6) is 11.5 Å². The number of carbonyl (C=O) groups is 1. The molecule has 1 N–H and O–H groups in total. The van der Waals surface area contributed by atoms with Crippen LogP contribution in [0.1, 0.15) is 27.2 Å². The van der Waals surface area contributed by atoms with Gasteiger partial charge >= 0.3 is 0 Å². The number of benzene rings is 2. The molecule has 1 amide bonds. The number of aryl methyl sites for hydroxylation is 1. The molecule has 6 heteroatoms. The van der Waals surface area contributed by atoms with Gasteiger partial charge in [0.1, 0.15) is 23.8 Å². The standard InChI is InChI=1S/C24H23N3O3/c1-17-6-5-13-27-15-20(26-23(17)27)16-30-21-11-9-18(10-12-21)24(28)25-14-19-7-3-4-8-22(19)29-2/h3-13,15H,14,16H2,1-2H3,(H,25,28). The summed E-state index contributed by atoms with van der Waals surface area (Å²) in [6.07, 6.45) is 3.93. The number of hydrogen-bond acceptors (Lipinski definition) is 4. The van der Waals surface area contributed by atoms with Gasteiger partial charge in [0.2, 0.25) is 0 Å². The number of nitrogens with one attached hydrogen (secondary N) is 1. The molecule has 6 nitrogen and oxygen atoms in total. The summed E-state index contributed by atoms with van der Waals surface area (Å²) in [6, 6.07) is 18.7. The van der Waals surface area contributed by atoms with Crippen LogP contribution in [0.25, 0.3) is 5.65 Å². The number of fused-ring (bicyclic) bond motifs is 1. The zero-order valence-corrected chi connectivity index (χ0v) is 17.0. The minimum Gasteiger partial charge on any atom is -0.496 e. The molecule has 0 fully saturated rings. The van der Waals surface area contributed by atoms with Gasteiger partial charge in [-0.05, 0) is 48.9 Å². The van der Waals surface area contributed by atoms with Crippen LogP contribution in [0.4, 0.5) is 0 Å². The Morgan fingerprint density at radius 1 is 1.07 bits per heavy atom. The normalized spacial score (nSPS) is 10.7. The van der Waals surface area contributed by atoms with Gasteiger partial charge < -0.3 is 19.2 Å². The molecule has 2 heterocycles. The van der Waals surface area contributed by atoms with E-state index in [1.54, 1.807) is 31.4 Å². The Morgan fingerprint density at radius 3 is 2.63 bits per heavy atom. The van der Waals surface area contributed by atoms with E-state index in [0.29, 0.717) is 24.5 Å². The van der Waals surface area contributed by atoms with Crippen molar-refractivity contribution in [1.82, 2.24) is 14.7 Å². The summed E-state index contributed by atoms with van der Waals surface area (Å²) in [5.74, 6) is 1.29. The Balaban J connectivity index is 1.35. The van der Waals surface area contributed by atoms with Crippen molar-refractivity contribution in [3.05, 3.63) is 95.4 Å². The molecular weight excluding hydrogens is 378 g/mol. The van der Waals surface area contributed by atoms with Crippen molar-refractivity contribution in [3.8, 4) is 11.5 Å². The van der Waals surface area contributed by atoms with Crippen LogP contribution in [0.2, 0.25) is 0 Å². The van der Waals surface area contributed by atoms with Crippen molar-refractivity contribution in [3.63, 3.8) is 0 Å². The van der Waals surface area contributed by atoms with E-state index in [0.717, 1.165) is 28.2 Å². The fourth-order valence-electron chi connectivity index (χ4n) is 3.26. The molecule has 30 heavy (non-hydrogen) atoms. The van der Waals surface area contributed by atoms with Gasteiger partial charge in [-0.15, -0.1) is 0 Å². The van der Waals surface area contributed by atoms with Crippen molar-refractivity contribution < 1.29 is 14.3 Å². The average Bonchev–Trinajstić information content (AvgIpc) is 3.21. The number of amides is 1. The summed E-state index contributed by atoms with van der Waals surface area (Å²) >= 11 is 0. The van der Waals surface area contributed by atoms with Crippen LogP contribution >= 0.6 is 0 Å². The number of methoxy groups -OCH3 is 1. The summed E-state index contributed by atoms with van der Waals surface area (Å²) in [6.45, 7) is 2.79. The van der Waals surface area contributed by atoms with E-state index in [4.69, 9.17) is 9.47 Å². The number of hydrogen-bond donors (Lipinski definition) is 1. The molecule has 0 radical (unpaired) electrons. The van der Waals surface area contributed by atoms with Crippen LogP contribution in [0.3, 0.4) is 0 Å². The Kier molecular flexibility index (Phi) is 5.66. The molecule has 2 aromatic carbocycles. The molecule has 0 atom stereocenters. The summed E-state index contributed by atoms with van der Waals surface area (Å²) in [5.41, 5.74) is 4.39. The van der Waals surface area contributed by atoms with Gasteiger partial charge in [0.05, 0.1) is 12.8 Å². The van der Waals surface area contributed by atoms with Crippen LogP contribution in [0.15, 0.2) is 73.1 Å². The largest absolute Gasteiger partial charge is 0.496 e. The molecule has 2 aromatic heterocycles. The second-order valence-electron chi connectivity index (χ2n) is 6.96. The molecule has 0 spiro atoms. The SMILES string of the molecule is COc1ccccc1CNC(=O)c1ccc(OCc2cn3cccc(C)c3n2)cc1. The van der Waals surface area contributed by atoms with Gasteiger partial charge in [0.25, 0.3) is 5.91 Å². The van der Waals surface area contributed by atoms with Gasteiger partial charge in [0, 0.05) is 30.1 Å². The van der Waals surface area contributed by atoms with E-state index in [1.807, 2.05) is 60.1 Å². The third kappa shape index (κ3) is 4.27. The molecule has 0 unspecified atom stereocenters. The summed E-state index contributed by atoms with van der Waals surface area (Å²) in [7, 11) is 1.62. The predicted octanol–water partition coefficient (Wildman–Crippen LogP) is 4.16. The quantitative estimate of drug-likeness (QED) is 0.505. The third-order valence-corrected chi connectivity index (χ3v) is 4.86. The number of nitrogens with zero attached hydrogens (tertiary/aromatic N) is 2. The molecule has 0 saturated carbocycles. The fourth-order valence-corrected chi connectivity index (χ4v) is 3.26. The molecule has 4 aromatic rings. The van der Waals surface area contributed by atoms with Crippen LogP contribution in [-0.2, 0) is 13.2 Å². The van der Waals surface area contributed by atoms with Crippen LogP contribution < -0.4 is 14.8 Å². The highest BCUT2D eigenvalue weighted by Gasteiger charge is 2.09. The maximum atomic E-state index is 12.4. The Labute approximate surface area is 175 Å². The van der Waals surface area contributed by atoms with Crippen LogP contribution in [0, 0.1) is 6.92 Å². The van der Waals surface area contributed by atoms with E-state index in [-0.39, 0.29) is 5.91 Å². The van der Waals surface area contributed by atoms with E-state index < -0.39 is 0 Å². The van der Waals surface area contributed by atoms with E-state index in [2.05, 4.69) is 10.3 Å². The molecule has 0 aliphatic heterocycles. The van der Waals surface area contributed by atoms with Gasteiger partial charge in [-0.2, -0.15) is 0 Å². The van der Waals surface area contributed by atoms with Crippen molar-refractivity contribution in [2.45, 2.75) is 20.1 Å². The second-order valence-corrected chi connectivity index (χ2v) is 6.96. The number of pyridine rings is 1. The van der Waals surface area contributed by atoms with Crippen LogP contribution in [-0.4, -0.2) is 22.4 Å². The van der Waals surface area contributed by atoms with E-state index in [1.165, 1.54) is 0 Å². The van der Waals surface area contributed by atoms with Crippen molar-refractivity contribution in [1.29, 1.82) is 0 Å². The minimum atomic E-state index is -0.150. The Hall–Kier alpha value is -3.80. The lowest BCUT2D eigenvalue weighted by molar-refractivity contribution is 0.0950. The highest BCUT2D eigenvalue weighted by atomic mass is 16.5. The summed E-state index contributed by atoms with van der Waals surface area (Å²) < 4.78 is 13.1. The first-order chi connectivity index (χ1) is 14.6. The number of imidazole rings is 1. The second kappa shape index (κ2) is 8.69. The maximum Gasteiger partial charge on any atom is 0.251 e. The molecule has 0 aliphatic rings. The third-order valence-electron chi connectivity index (χ3n) is 4.86. The number of ether oxygens (including phenoxy) is 2. The number of carbonyl (C=O) groups excluding carboxylic acids is 1. The van der Waals surface area contributed by atoms with Crippen molar-refractivity contribution in [2.75, 3.05) is 7.11 Å². The van der Waals surface area contributed by atoms with Gasteiger partial charge in [-0.25, -0.2) is 4.98 Å². The highest BCUT2D eigenvalue weighted by molar-refractivity contribution is 5.94. The number of rotatable bonds is 7. The van der Waals surface area contributed by atoms with Crippen molar-refractivity contribution in [2.24, 2.45) is 0 Å². The topological polar surface area (TPSA) is 64.9 Å². The van der Waals surface area contributed by atoms with Gasteiger partial charge in [-0.1, -0.05) is 24.3 Å². The first-order valence-electron chi connectivity index (χ1n) is 9.70. The smallest absolute Gasteiger partial charge is 0.251 e. The molecule has 0 aliphatic carbocycles. The minimum absolute atomic E-state index is 0.150. The fraction of sp³-hybridized carbons (Fsp3) is 0.167. The zero-order chi connectivity index (χ0) is 20.9. The molecule has 0 bridgehead atoms. The molecular formula is C24H23N3O3.